The van der Waals surface area contributed by atoms with Crippen LogP contribution in [-0.2, 0) is 28.8 Å². The zero-order chi connectivity index (χ0) is 27.5. The third kappa shape index (κ3) is 7.15. The van der Waals surface area contributed by atoms with Crippen molar-refractivity contribution in [2.24, 2.45) is 5.16 Å². The number of hydrogen-bond donors (Lipinski definition) is 4. The van der Waals surface area contributed by atoms with Crippen LogP contribution < -0.4 is 16.0 Å². The summed E-state index contributed by atoms with van der Waals surface area (Å²) in [7, 11) is 0. The molecule has 2 aliphatic rings. The van der Waals surface area contributed by atoms with E-state index in [2.05, 4.69) is 26.1 Å². The van der Waals surface area contributed by atoms with Crippen molar-refractivity contribution in [3.8, 4) is 0 Å². The van der Waals surface area contributed by atoms with Crippen molar-refractivity contribution in [2.45, 2.75) is 70.7 Å². The average Bonchev–Trinajstić information content (AvgIpc) is 3.39. The molecule has 4 N–H and O–H groups in total. The first-order valence-corrected chi connectivity index (χ1v) is 12.4. The molecule has 202 valence electrons. The Balaban J connectivity index is 1.78. The zero-order valence-corrected chi connectivity index (χ0v) is 21.9. The number of carboxylic acid groups (broad SMARTS) is 1. The largest absolute Gasteiger partial charge is 0.478 e. The molecule has 2 saturated heterocycles. The normalized spacial score (nSPS) is 20.1. The van der Waals surface area contributed by atoms with E-state index in [-0.39, 0.29) is 23.3 Å². The number of carboxylic acids is 1. The SMILES string of the molecule is CC(C)(C)OC(=O)Nc1nc(C(=NOC(C)(C)C(=O)O)C(=O)N[C@@H]2C(=O)N[C@@H]2CN2CCCC2=O)cs1. The molecule has 15 heteroatoms. The molecule has 0 unspecified atom stereocenters. The third-order valence-corrected chi connectivity index (χ3v) is 6.10. The van der Waals surface area contributed by atoms with Gasteiger partial charge in [-0.25, -0.2) is 14.6 Å². The fourth-order valence-corrected chi connectivity index (χ4v) is 4.02. The number of carbonyl (C=O) groups excluding carboxylic acids is 4. The Morgan fingerprint density at radius 2 is 1.97 bits per heavy atom. The summed E-state index contributed by atoms with van der Waals surface area (Å²) in [6.45, 7) is 8.38. The highest BCUT2D eigenvalue weighted by Crippen LogP contribution is 2.20. The maximum absolute atomic E-state index is 13.2. The number of likely N-dealkylation sites (tertiary alicyclic amines) is 1. The van der Waals surface area contributed by atoms with E-state index in [1.165, 1.54) is 19.2 Å². The second-order valence-corrected chi connectivity index (χ2v) is 10.9. The Labute approximate surface area is 216 Å². The predicted octanol–water partition coefficient (Wildman–Crippen LogP) is 0.680. The first kappa shape index (κ1) is 27.8. The van der Waals surface area contributed by atoms with Crippen LogP contribution in [0.5, 0.6) is 0 Å². The number of carbonyl (C=O) groups is 5. The predicted molar refractivity (Wildman–Crippen MR) is 131 cm³/mol. The number of aliphatic carboxylic acids is 1. The number of nitrogens with zero attached hydrogens (tertiary/aromatic N) is 3. The van der Waals surface area contributed by atoms with Crippen LogP contribution in [0.15, 0.2) is 10.5 Å². The van der Waals surface area contributed by atoms with E-state index >= 15 is 0 Å². The Hall–Kier alpha value is -3.75. The lowest BCUT2D eigenvalue weighted by Gasteiger charge is -2.39. The lowest BCUT2D eigenvalue weighted by molar-refractivity contribution is -0.161. The van der Waals surface area contributed by atoms with Crippen LogP contribution >= 0.6 is 11.3 Å². The minimum atomic E-state index is -1.77. The summed E-state index contributed by atoms with van der Waals surface area (Å²) in [5.41, 5.74) is -2.95. The lowest BCUT2D eigenvalue weighted by atomic mass is 9.98. The highest BCUT2D eigenvalue weighted by molar-refractivity contribution is 7.14. The molecular formula is C22H30N6O8S. The van der Waals surface area contributed by atoms with Crippen molar-refractivity contribution < 1.29 is 38.7 Å². The molecule has 2 atom stereocenters. The van der Waals surface area contributed by atoms with Gasteiger partial charge >= 0.3 is 12.1 Å². The standard InChI is InChI=1S/C22H30N6O8S/c1-21(2,3)35-20(34)26-19-24-12(10-37-19)15(27-36-22(4,5)18(32)33)17(31)25-14-11(23-16(14)30)9-28-8-6-7-13(28)29/h10-11,14H,6-9H2,1-5H3,(H,23,30)(H,25,31)(H,32,33)(H,24,26,34)/t11-,14+/m1/s1. The fraction of sp³-hybridized carbons (Fsp3) is 0.591. The quantitative estimate of drug-likeness (QED) is 0.199. The van der Waals surface area contributed by atoms with Crippen LogP contribution in [-0.4, -0.2) is 86.9 Å². The molecule has 0 spiro atoms. The van der Waals surface area contributed by atoms with Gasteiger partial charge in [0.1, 0.15) is 17.3 Å². The van der Waals surface area contributed by atoms with Crippen LogP contribution in [0.3, 0.4) is 0 Å². The molecule has 37 heavy (non-hydrogen) atoms. The van der Waals surface area contributed by atoms with Crippen molar-refractivity contribution in [1.82, 2.24) is 20.5 Å². The zero-order valence-electron chi connectivity index (χ0n) is 21.1. The Morgan fingerprint density at radius 3 is 2.54 bits per heavy atom. The molecule has 3 rings (SSSR count). The number of hydrogen-bond acceptors (Lipinski definition) is 10. The summed E-state index contributed by atoms with van der Waals surface area (Å²) >= 11 is 0.971. The molecule has 2 fully saturated rings. The van der Waals surface area contributed by atoms with Crippen LogP contribution in [0.4, 0.5) is 9.93 Å². The molecule has 0 aromatic carbocycles. The van der Waals surface area contributed by atoms with Gasteiger partial charge < -0.3 is 30.2 Å². The van der Waals surface area contributed by atoms with Gasteiger partial charge in [-0.3, -0.25) is 19.7 Å². The molecule has 14 nitrogen and oxygen atoms in total. The molecular weight excluding hydrogens is 508 g/mol. The monoisotopic (exact) mass is 538 g/mol. The van der Waals surface area contributed by atoms with E-state index in [1.807, 2.05) is 0 Å². The molecule has 3 heterocycles. The summed E-state index contributed by atoms with van der Waals surface area (Å²) < 4.78 is 5.18. The molecule has 1 aromatic heterocycles. The van der Waals surface area contributed by atoms with Gasteiger partial charge in [-0.2, -0.15) is 0 Å². The number of oxime groups is 1. The molecule has 1 aromatic rings. The Bertz CT molecular complexity index is 1120. The van der Waals surface area contributed by atoms with E-state index in [1.54, 1.807) is 25.7 Å². The smallest absolute Gasteiger partial charge is 0.413 e. The van der Waals surface area contributed by atoms with Gasteiger partial charge in [0.15, 0.2) is 10.8 Å². The minimum Gasteiger partial charge on any atom is -0.478 e. The summed E-state index contributed by atoms with van der Waals surface area (Å²) in [5.74, 6) is -2.64. The van der Waals surface area contributed by atoms with Crippen molar-refractivity contribution in [2.75, 3.05) is 18.4 Å². The van der Waals surface area contributed by atoms with E-state index in [4.69, 9.17) is 9.57 Å². The molecule has 0 saturated carbocycles. The highest BCUT2D eigenvalue weighted by atomic mass is 32.1. The van der Waals surface area contributed by atoms with Gasteiger partial charge in [-0.15, -0.1) is 11.3 Å². The van der Waals surface area contributed by atoms with E-state index in [0.29, 0.717) is 13.0 Å². The summed E-state index contributed by atoms with van der Waals surface area (Å²) in [6, 6.07) is -1.45. The van der Waals surface area contributed by atoms with Gasteiger partial charge in [-0.05, 0) is 41.0 Å². The van der Waals surface area contributed by atoms with Crippen LogP contribution in [0.25, 0.3) is 0 Å². The number of aromatic nitrogens is 1. The van der Waals surface area contributed by atoms with Crippen molar-refractivity contribution in [3.05, 3.63) is 11.1 Å². The van der Waals surface area contributed by atoms with Crippen LogP contribution in [0, 0.1) is 0 Å². The average molecular weight is 539 g/mol. The number of ether oxygens (including phenoxy) is 1. The second kappa shape index (κ2) is 10.7. The first-order chi connectivity index (χ1) is 17.2. The van der Waals surface area contributed by atoms with Crippen molar-refractivity contribution in [3.63, 3.8) is 0 Å². The number of anilines is 1. The van der Waals surface area contributed by atoms with E-state index in [9.17, 15) is 29.1 Å². The summed E-state index contributed by atoms with van der Waals surface area (Å²) in [5, 5.41) is 22.2. The van der Waals surface area contributed by atoms with Crippen molar-refractivity contribution >= 4 is 52.0 Å². The maximum atomic E-state index is 13.2. The van der Waals surface area contributed by atoms with E-state index < -0.39 is 52.9 Å². The third-order valence-electron chi connectivity index (χ3n) is 5.34. The number of nitrogens with one attached hydrogen (secondary N) is 3. The number of β-lactam (4-membered cyclic amide) rings is 1. The fourth-order valence-electron chi connectivity index (χ4n) is 3.34. The molecule has 4 amide bonds. The van der Waals surface area contributed by atoms with Gasteiger partial charge in [0.2, 0.25) is 17.4 Å². The number of amides is 4. The Morgan fingerprint density at radius 1 is 1.27 bits per heavy atom. The van der Waals surface area contributed by atoms with Crippen LogP contribution in [0.1, 0.15) is 53.2 Å². The molecule has 0 bridgehead atoms. The topological polar surface area (TPSA) is 189 Å². The number of thiazole rings is 1. The maximum Gasteiger partial charge on any atom is 0.413 e. The van der Waals surface area contributed by atoms with Crippen LogP contribution in [0.2, 0.25) is 0 Å². The summed E-state index contributed by atoms with van der Waals surface area (Å²) in [6.07, 6.45) is 0.410. The summed E-state index contributed by atoms with van der Waals surface area (Å²) in [4.78, 5) is 71.7. The van der Waals surface area contributed by atoms with Gasteiger partial charge in [0, 0.05) is 24.9 Å². The van der Waals surface area contributed by atoms with Gasteiger partial charge in [0.25, 0.3) is 5.91 Å². The van der Waals surface area contributed by atoms with E-state index in [0.717, 1.165) is 17.8 Å². The highest BCUT2D eigenvalue weighted by Gasteiger charge is 2.43. The van der Waals surface area contributed by atoms with Gasteiger partial charge in [-0.1, -0.05) is 5.16 Å². The first-order valence-electron chi connectivity index (χ1n) is 11.5. The van der Waals surface area contributed by atoms with Crippen molar-refractivity contribution in [1.29, 1.82) is 0 Å². The molecule has 0 radical (unpaired) electrons. The van der Waals surface area contributed by atoms with Gasteiger partial charge in [0.05, 0.1) is 6.04 Å². The minimum absolute atomic E-state index is 0.0229. The molecule has 2 aliphatic heterocycles. The number of rotatable bonds is 9. The second-order valence-electron chi connectivity index (χ2n) is 10.0. The lowest BCUT2D eigenvalue weighted by Crippen LogP contribution is -2.72. The molecule has 0 aliphatic carbocycles. The Kier molecular flexibility index (Phi) is 8.05.